The van der Waals surface area contributed by atoms with E-state index in [1.807, 2.05) is 0 Å². The molecule has 3 rings (SSSR count). The number of ether oxygens (including phenoxy) is 1. The van der Waals surface area contributed by atoms with Crippen LogP contribution in [0.25, 0.3) is 0 Å². The fraction of sp³-hybridized carbons (Fsp3) is 0.733. The Bertz CT molecular complexity index is 722. The van der Waals surface area contributed by atoms with E-state index < -0.39 is 18.1 Å². The summed E-state index contributed by atoms with van der Waals surface area (Å²) in [6.07, 6.45) is -5.08. The van der Waals surface area contributed by atoms with E-state index in [4.69, 9.17) is 4.74 Å². The first kappa shape index (κ1) is 19.4. The second-order valence-corrected chi connectivity index (χ2v) is 6.69. The molecule has 2 amide bonds. The lowest BCUT2D eigenvalue weighted by Crippen LogP contribution is -2.46. The topological polar surface area (TPSA) is 92.6 Å². The largest absolute Gasteiger partial charge is 0.451 e. The van der Waals surface area contributed by atoms with Crippen molar-refractivity contribution in [3.05, 3.63) is 11.6 Å². The molecule has 1 unspecified atom stereocenters. The standard InChI is InChI=1S/C15H21F3N6O3/c1-9-6-23(14(26)27-9)7-10(19-2)5-12(25)22-3-4-24-11(8-22)20-21-13(24)15(16,17)18/h9-10,19H,3-8H2,1-2H3/t9?,10-/m0/s1. The van der Waals surface area contributed by atoms with Crippen molar-refractivity contribution in [1.82, 2.24) is 29.9 Å². The first-order valence-corrected chi connectivity index (χ1v) is 8.59. The SMILES string of the molecule is CN[C@@H](CC(=O)N1CCn2c(nnc2C(F)(F)F)C1)CN1CC(C)OC1=O. The van der Waals surface area contributed by atoms with Gasteiger partial charge in [0.05, 0.1) is 13.1 Å². The van der Waals surface area contributed by atoms with Crippen LogP contribution in [-0.4, -0.2) is 75.4 Å². The third kappa shape index (κ3) is 4.15. The molecular weight excluding hydrogens is 369 g/mol. The van der Waals surface area contributed by atoms with Gasteiger partial charge < -0.3 is 24.4 Å². The molecule has 1 aromatic heterocycles. The number of rotatable bonds is 5. The van der Waals surface area contributed by atoms with Crippen molar-refractivity contribution in [1.29, 1.82) is 0 Å². The molecule has 1 aromatic rings. The van der Waals surface area contributed by atoms with Gasteiger partial charge in [-0.1, -0.05) is 0 Å². The molecule has 0 bridgehead atoms. The number of alkyl halides is 3. The molecule has 3 heterocycles. The lowest BCUT2D eigenvalue weighted by atomic mass is 10.1. The van der Waals surface area contributed by atoms with E-state index in [9.17, 15) is 22.8 Å². The van der Waals surface area contributed by atoms with Crippen LogP contribution in [0.15, 0.2) is 0 Å². The maximum absolute atomic E-state index is 12.9. The van der Waals surface area contributed by atoms with Crippen molar-refractivity contribution in [2.24, 2.45) is 0 Å². The van der Waals surface area contributed by atoms with Gasteiger partial charge in [-0.2, -0.15) is 13.2 Å². The lowest BCUT2D eigenvalue weighted by Gasteiger charge is -2.30. The Morgan fingerprint density at radius 3 is 2.70 bits per heavy atom. The number of aromatic nitrogens is 3. The Kier molecular flexibility index (Phi) is 5.27. The zero-order valence-electron chi connectivity index (χ0n) is 15.0. The summed E-state index contributed by atoms with van der Waals surface area (Å²) in [7, 11) is 1.69. The van der Waals surface area contributed by atoms with Gasteiger partial charge in [-0.25, -0.2) is 4.79 Å². The summed E-state index contributed by atoms with van der Waals surface area (Å²) in [6, 6.07) is -0.291. The Morgan fingerprint density at radius 1 is 1.37 bits per heavy atom. The second-order valence-electron chi connectivity index (χ2n) is 6.69. The molecule has 9 nitrogen and oxygen atoms in total. The van der Waals surface area contributed by atoms with Crippen LogP contribution in [-0.2, 0) is 28.8 Å². The molecular formula is C15H21F3N6O3. The van der Waals surface area contributed by atoms with E-state index >= 15 is 0 Å². The van der Waals surface area contributed by atoms with Crippen LogP contribution in [0.3, 0.4) is 0 Å². The Balaban J connectivity index is 1.60. The third-order valence-electron chi connectivity index (χ3n) is 4.67. The summed E-state index contributed by atoms with van der Waals surface area (Å²) in [4.78, 5) is 27.3. The molecule has 0 spiro atoms. The van der Waals surface area contributed by atoms with Gasteiger partial charge >= 0.3 is 12.3 Å². The van der Waals surface area contributed by atoms with Crippen molar-refractivity contribution >= 4 is 12.0 Å². The van der Waals surface area contributed by atoms with Crippen molar-refractivity contribution < 1.29 is 27.5 Å². The monoisotopic (exact) mass is 390 g/mol. The van der Waals surface area contributed by atoms with Crippen molar-refractivity contribution in [3.8, 4) is 0 Å². The molecule has 12 heteroatoms. The van der Waals surface area contributed by atoms with Crippen molar-refractivity contribution in [2.75, 3.05) is 26.7 Å². The van der Waals surface area contributed by atoms with Crippen molar-refractivity contribution in [2.45, 2.75) is 44.8 Å². The number of amides is 2. The number of hydrogen-bond donors (Lipinski definition) is 1. The zero-order valence-corrected chi connectivity index (χ0v) is 15.0. The van der Waals surface area contributed by atoms with Gasteiger partial charge in [-0.05, 0) is 14.0 Å². The number of fused-ring (bicyclic) bond motifs is 1. The molecule has 2 atom stereocenters. The normalized spacial score (nSPS) is 21.2. The minimum atomic E-state index is -4.57. The van der Waals surface area contributed by atoms with E-state index in [1.54, 1.807) is 14.0 Å². The molecule has 0 saturated carbocycles. The number of carbonyl (C=O) groups excluding carboxylic acids is 2. The molecule has 2 aliphatic rings. The number of nitrogens with zero attached hydrogens (tertiary/aromatic N) is 5. The third-order valence-corrected chi connectivity index (χ3v) is 4.67. The molecule has 1 saturated heterocycles. The molecule has 0 radical (unpaired) electrons. The number of nitrogens with one attached hydrogen (secondary N) is 1. The van der Waals surface area contributed by atoms with Crippen LogP contribution < -0.4 is 5.32 Å². The van der Waals surface area contributed by atoms with Crippen LogP contribution in [0.1, 0.15) is 25.0 Å². The Hall–Kier alpha value is -2.37. The molecule has 2 aliphatic heterocycles. The predicted octanol–water partition coefficient (Wildman–Crippen LogP) is 0.458. The summed E-state index contributed by atoms with van der Waals surface area (Å²) in [5.41, 5.74) is 0. The number of halogens is 3. The summed E-state index contributed by atoms with van der Waals surface area (Å²) in [5, 5.41) is 9.77. The number of hydrogen-bond acceptors (Lipinski definition) is 6. The quantitative estimate of drug-likeness (QED) is 0.785. The van der Waals surface area contributed by atoms with Crippen LogP contribution in [0.4, 0.5) is 18.0 Å². The lowest BCUT2D eigenvalue weighted by molar-refractivity contribution is -0.148. The molecule has 0 aromatic carbocycles. The van der Waals surface area contributed by atoms with E-state index in [-0.39, 0.29) is 49.9 Å². The fourth-order valence-electron chi connectivity index (χ4n) is 3.26. The van der Waals surface area contributed by atoms with Gasteiger partial charge in [0, 0.05) is 32.1 Å². The number of likely N-dealkylation sites (N-methyl/N-ethyl adjacent to an activating group) is 1. The second kappa shape index (κ2) is 7.33. The maximum atomic E-state index is 12.9. The molecule has 150 valence electrons. The summed E-state index contributed by atoms with van der Waals surface area (Å²) >= 11 is 0. The highest BCUT2D eigenvalue weighted by Gasteiger charge is 2.40. The Morgan fingerprint density at radius 2 is 2.11 bits per heavy atom. The smallest absolute Gasteiger partial charge is 0.445 e. The highest BCUT2D eigenvalue weighted by Crippen LogP contribution is 2.29. The first-order chi connectivity index (χ1) is 12.7. The van der Waals surface area contributed by atoms with E-state index in [2.05, 4.69) is 15.5 Å². The molecule has 0 aliphatic carbocycles. The molecule has 1 N–H and O–H groups in total. The maximum Gasteiger partial charge on any atom is 0.451 e. The van der Waals surface area contributed by atoms with Gasteiger partial charge in [0.2, 0.25) is 11.7 Å². The molecule has 1 fully saturated rings. The Labute approximate surface area is 153 Å². The van der Waals surface area contributed by atoms with Gasteiger partial charge in [-0.15, -0.1) is 10.2 Å². The van der Waals surface area contributed by atoms with Crippen LogP contribution in [0.5, 0.6) is 0 Å². The molecule has 27 heavy (non-hydrogen) atoms. The van der Waals surface area contributed by atoms with E-state index in [0.717, 1.165) is 4.57 Å². The van der Waals surface area contributed by atoms with Crippen LogP contribution in [0.2, 0.25) is 0 Å². The summed E-state index contributed by atoms with van der Waals surface area (Å²) in [5.74, 6) is -1.16. The highest BCUT2D eigenvalue weighted by atomic mass is 19.4. The minimum absolute atomic E-state index is 0.0108. The van der Waals surface area contributed by atoms with Crippen LogP contribution >= 0.6 is 0 Å². The summed E-state index contributed by atoms with van der Waals surface area (Å²) < 4.78 is 44.7. The van der Waals surface area contributed by atoms with Gasteiger partial charge in [0.1, 0.15) is 6.10 Å². The predicted molar refractivity (Wildman–Crippen MR) is 85.4 cm³/mol. The van der Waals surface area contributed by atoms with Gasteiger partial charge in [-0.3, -0.25) is 4.79 Å². The number of cyclic esters (lactones) is 1. The van der Waals surface area contributed by atoms with Gasteiger partial charge in [0.25, 0.3) is 0 Å². The average Bonchev–Trinajstić information content (AvgIpc) is 3.16. The van der Waals surface area contributed by atoms with Crippen LogP contribution in [0, 0.1) is 0 Å². The minimum Gasteiger partial charge on any atom is -0.445 e. The fourth-order valence-corrected chi connectivity index (χ4v) is 3.26. The number of carbonyl (C=O) groups is 2. The highest BCUT2D eigenvalue weighted by molar-refractivity contribution is 5.77. The van der Waals surface area contributed by atoms with E-state index in [1.165, 1.54) is 9.80 Å². The van der Waals surface area contributed by atoms with Gasteiger partial charge in [0.15, 0.2) is 5.82 Å². The van der Waals surface area contributed by atoms with Crippen molar-refractivity contribution in [3.63, 3.8) is 0 Å². The zero-order chi connectivity index (χ0) is 19.8. The summed E-state index contributed by atoms with van der Waals surface area (Å²) in [6.45, 7) is 2.67. The first-order valence-electron chi connectivity index (χ1n) is 8.59. The van der Waals surface area contributed by atoms with E-state index in [0.29, 0.717) is 13.1 Å². The average molecular weight is 390 g/mol.